The van der Waals surface area contributed by atoms with E-state index in [0.29, 0.717) is 25.9 Å². The number of amides is 3. The summed E-state index contributed by atoms with van der Waals surface area (Å²) in [5.41, 5.74) is -0.317. The van der Waals surface area contributed by atoms with Gasteiger partial charge in [0.25, 0.3) is 17.7 Å². The number of carbonyl (C=O) groups excluding carboxylic acids is 3. The van der Waals surface area contributed by atoms with Crippen LogP contribution in [0.2, 0.25) is 0 Å². The summed E-state index contributed by atoms with van der Waals surface area (Å²) >= 11 is 0. The Kier molecular flexibility index (Phi) is 7.22. The second-order valence-corrected chi connectivity index (χ2v) is 11.6. The number of benzene rings is 1. The van der Waals surface area contributed by atoms with E-state index >= 15 is 0 Å². The van der Waals surface area contributed by atoms with Crippen LogP contribution >= 0.6 is 0 Å². The molecule has 2 saturated heterocycles. The predicted molar refractivity (Wildman–Crippen MR) is 138 cm³/mol. The molecule has 0 atom stereocenters. The molecule has 3 heterocycles. The van der Waals surface area contributed by atoms with Gasteiger partial charge in [0.1, 0.15) is 11.4 Å². The van der Waals surface area contributed by atoms with Crippen LogP contribution in [0.15, 0.2) is 30.6 Å². The Morgan fingerprint density at radius 2 is 1.55 bits per heavy atom. The van der Waals surface area contributed by atoms with Crippen molar-refractivity contribution in [2.75, 3.05) is 26.2 Å². The molecule has 1 saturated carbocycles. The summed E-state index contributed by atoms with van der Waals surface area (Å²) in [6.07, 6.45) is 5.43. The van der Waals surface area contributed by atoms with Gasteiger partial charge in [0, 0.05) is 43.1 Å². The Hall–Kier alpha value is -3.70. The molecule has 3 amide bonds. The number of alkyl halides is 2. The maximum Gasteiger partial charge on any atom is 0.410 e. The van der Waals surface area contributed by atoms with Gasteiger partial charge in [0.15, 0.2) is 5.82 Å². The van der Waals surface area contributed by atoms with Crippen molar-refractivity contribution in [3.63, 3.8) is 0 Å². The van der Waals surface area contributed by atoms with Gasteiger partial charge in [-0.15, -0.1) is 0 Å². The number of nitrogens with zero attached hydrogens (tertiary/aromatic N) is 5. The number of hydrogen-bond acceptors (Lipinski definition) is 6. The normalized spacial score (nSPS) is 19.1. The highest BCUT2D eigenvalue weighted by atomic mass is 19.3. The van der Waals surface area contributed by atoms with Crippen LogP contribution < -0.4 is 0 Å². The monoisotopic (exact) mass is 559 g/mol. The fourth-order valence-corrected chi connectivity index (χ4v) is 5.03. The van der Waals surface area contributed by atoms with Gasteiger partial charge in [-0.2, -0.15) is 0 Å². The molecule has 214 valence electrons. The van der Waals surface area contributed by atoms with E-state index < -0.39 is 36.3 Å². The summed E-state index contributed by atoms with van der Waals surface area (Å²) < 4.78 is 46.5. The van der Waals surface area contributed by atoms with Crippen molar-refractivity contribution in [1.29, 1.82) is 0 Å². The van der Waals surface area contributed by atoms with Crippen LogP contribution in [-0.2, 0) is 4.74 Å². The summed E-state index contributed by atoms with van der Waals surface area (Å²) in [4.78, 5) is 51.1. The molecule has 3 fully saturated rings. The number of halogens is 3. The quantitative estimate of drug-likeness (QED) is 0.540. The molecule has 0 N–H and O–H groups in total. The number of piperidine rings is 1. The highest BCUT2D eigenvalue weighted by Crippen LogP contribution is 2.34. The molecule has 40 heavy (non-hydrogen) atoms. The first-order valence-electron chi connectivity index (χ1n) is 13.4. The van der Waals surface area contributed by atoms with Crippen LogP contribution in [-0.4, -0.2) is 92.4 Å². The molecule has 3 aliphatic rings. The van der Waals surface area contributed by atoms with E-state index in [1.165, 1.54) is 24.5 Å². The molecule has 0 unspecified atom stereocenters. The number of aromatic nitrogens is 2. The number of rotatable bonds is 5. The third-order valence-corrected chi connectivity index (χ3v) is 7.17. The van der Waals surface area contributed by atoms with Crippen molar-refractivity contribution < 1.29 is 32.3 Å². The van der Waals surface area contributed by atoms with Crippen LogP contribution in [0.5, 0.6) is 0 Å². The molecule has 2 aliphatic heterocycles. The van der Waals surface area contributed by atoms with E-state index in [0.717, 1.165) is 23.8 Å². The van der Waals surface area contributed by atoms with E-state index in [-0.39, 0.29) is 46.6 Å². The summed E-state index contributed by atoms with van der Waals surface area (Å²) in [6.45, 7) is 5.07. The number of carbonyl (C=O) groups is 3. The third kappa shape index (κ3) is 6.05. The summed E-state index contributed by atoms with van der Waals surface area (Å²) in [7, 11) is 0. The average molecular weight is 560 g/mol. The fraction of sp³-hybridized carbons (Fsp3) is 0.536. The molecule has 2 aromatic rings. The molecule has 12 heteroatoms. The molecule has 0 bridgehead atoms. The Bertz CT molecular complexity index is 1290. The second-order valence-electron chi connectivity index (χ2n) is 11.6. The topological polar surface area (TPSA) is 95.9 Å². The molecule has 1 aromatic heterocycles. The van der Waals surface area contributed by atoms with Crippen LogP contribution in [0.25, 0.3) is 11.4 Å². The first-order valence-corrected chi connectivity index (χ1v) is 13.4. The minimum absolute atomic E-state index is 0.0260. The van der Waals surface area contributed by atoms with Gasteiger partial charge < -0.3 is 19.4 Å². The lowest BCUT2D eigenvalue weighted by Crippen LogP contribution is -2.58. The Balaban J connectivity index is 1.24. The maximum atomic E-state index is 14.8. The molecule has 1 aliphatic carbocycles. The molecular weight excluding hydrogens is 527 g/mol. The van der Waals surface area contributed by atoms with Crippen molar-refractivity contribution >= 4 is 17.9 Å². The zero-order valence-electron chi connectivity index (χ0n) is 22.7. The molecular formula is C28H32F3N5O4. The van der Waals surface area contributed by atoms with Gasteiger partial charge in [-0.1, -0.05) is 0 Å². The van der Waals surface area contributed by atoms with Gasteiger partial charge in [-0.05, 0) is 64.7 Å². The predicted octanol–water partition coefficient (Wildman–Crippen LogP) is 4.38. The van der Waals surface area contributed by atoms with Crippen LogP contribution in [0, 0.1) is 5.82 Å². The highest BCUT2D eigenvalue weighted by molar-refractivity contribution is 5.96. The average Bonchev–Trinajstić information content (AvgIpc) is 3.71. The first-order chi connectivity index (χ1) is 18.8. The van der Waals surface area contributed by atoms with Crippen LogP contribution in [0.1, 0.15) is 67.2 Å². The van der Waals surface area contributed by atoms with Crippen molar-refractivity contribution in [2.45, 2.75) is 70.1 Å². The van der Waals surface area contributed by atoms with Gasteiger partial charge in [-0.25, -0.2) is 27.9 Å². The van der Waals surface area contributed by atoms with Crippen LogP contribution in [0.3, 0.4) is 0 Å². The standard InChI is InChI=1S/C28H32F3N5O4/c1-27(2,3)40-26(39)34-10-8-20(9-11-34)36(19-5-6-19)25(38)18-13-32-23(33-14-18)21-7-4-17(12-22(21)29)24(37)35-15-28(30,31)16-35/h4,7,12-14,19-20H,5-6,8-11,15-16H2,1-3H3. The van der Waals surface area contributed by atoms with E-state index in [1.807, 2.05) is 25.7 Å². The second kappa shape index (κ2) is 10.4. The summed E-state index contributed by atoms with van der Waals surface area (Å²) in [5.74, 6) is -4.53. The van der Waals surface area contributed by atoms with E-state index in [1.54, 1.807) is 4.90 Å². The van der Waals surface area contributed by atoms with Crippen molar-refractivity contribution in [3.8, 4) is 11.4 Å². The lowest BCUT2D eigenvalue weighted by Gasteiger charge is -2.39. The van der Waals surface area contributed by atoms with E-state index in [9.17, 15) is 27.6 Å². The smallest absolute Gasteiger partial charge is 0.410 e. The Labute approximate surface area is 230 Å². The summed E-state index contributed by atoms with van der Waals surface area (Å²) in [6, 6.07) is 3.74. The van der Waals surface area contributed by atoms with Crippen molar-refractivity contribution in [1.82, 2.24) is 24.7 Å². The number of hydrogen-bond donors (Lipinski definition) is 0. The van der Waals surface area contributed by atoms with Gasteiger partial charge in [0.2, 0.25) is 0 Å². The lowest BCUT2D eigenvalue weighted by atomic mass is 10.0. The SMILES string of the molecule is CC(C)(C)OC(=O)N1CCC(N(C(=O)c2cnc(-c3ccc(C(=O)N4CC(F)(F)C4)cc3F)nc2)C2CC2)CC1. The van der Waals surface area contributed by atoms with Gasteiger partial charge in [-0.3, -0.25) is 9.59 Å². The van der Waals surface area contributed by atoms with Crippen LogP contribution in [0.4, 0.5) is 18.0 Å². The maximum absolute atomic E-state index is 14.8. The summed E-state index contributed by atoms with van der Waals surface area (Å²) in [5, 5.41) is 0. The van der Waals surface area contributed by atoms with Crippen molar-refractivity contribution in [2.24, 2.45) is 0 Å². The molecule has 5 rings (SSSR count). The first kappa shape index (κ1) is 27.9. The molecule has 0 spiro atoms. The molecule has 9 nitrogen and oxygen atoms in total. The zero-order valence-corrected chi connectivity index (χ0v) is 22.7. The lowest BCUT2D eigenvalue weighted by molar-refractivity contribution is -0.113. The molecule has 0 radical (unpaired) electrons. The van der Waals surface area contributed by atoms with Crippen molar-refractivity contribution in [3.05, 3.63) is 47.5 Å². The number of ether oxygens (including phenoxy) is 1. The van der Waals surface area contributed by atoms with Gasteiger partial charge in [0.05, 0.1) is 24.2 Å². The third-order valence-electron chi connectivity index (χ3n) is 7.17. The van der Waals surface area contributed by atoms with E-state index in [2.05, 4.69) is 9.97 Å². The minimum atomic E-state index is -2.91. The van der Waals surface area contributed by atoms with Gasteiger partial charge >= 0.3 is 6.09 Å². The fourth-order valence-electron chi connectivity index (χ4n) is 5.03. The number of likely N-dealkylation sites (tertiary alicyclic amines) is 2. The zero-order chi connectivity index (χ0) is 28.8. The highest BCUT2D eigenvalue weighted by Gasteiger charge is 2.46. The molecule has 1 aromatic carbocycles. The Morgan fingerprint density at radius 1 is 0.950 bits per heavy atom. The minimum Gasteiger partial charge on any atom is -0.444 e. The largest absolute Gasteiger partial charge is 0.444 e. The van der Waals surface area contributed by atoms with E-state index in [4.69, 9.17) is 4.74 Å². The Morgan fingerprint density at radius 3 is 2.08 bits per heavy atom.